The smallest absolute Gasteiger partial charge is 0.242 e. The van der Waals surface area contributed by atoms with Crippen LogP contribution >= 0.6 is 0 Å². The zero-order chi connectivity index (χ0) is 20.8. The number of carbonyl (C=O) groups is 2. The highest BCUT2D eigenvalue weighted by Crippen LogP contribution is 2.38. The van der Waals surface area contributed by atoms with Crippen molar-refractivity contribution in [1.29, 1.82) is 0 Å². The van der Waals surface area contributed by atoms with Crippen molar-refractivity contribution in [2.75, 3.05) is 21.3 Å². The van der Waals surface area contributed by atoms with Gasteiger partial charge in [-0.25, -0.2) is 0 Å². The average molecular weight is 397 g/mol. The van der Waals surface area contributed by atoms with Crippen LogP contribution in [0, 0.1) is 0 Å². The minimum absolute atomic E-state index is 0.0318. The van der Waals surface area contributed by atoms with Gasteiger partial charge in [-0.2, -0.15) is 0 Å². The van der Waals surface area contributed by atoms with Gasteiger partial charge in [-0.3, -0.25) is 20.4 Å². The maximum absolute atomic E-state index is 12.2. The third kappa shape index (κ3) is 4.60. The third-order valence-corrected chi connectivity index (χ3v) is 4.46. The lowest BCUT2D eigenvalue weighted by molar-refractivity contribution is -0.128. The van der Waals surface area contributed by atoms with E-state index in [-0.39, 0.29) is 24.7 Å². The Labute approximate surface area is 168 Å². The van der Waals surface area contributed by atoms with Crippen LogP contribution in [0.5, 0.6) is 17.2 Å². The Morgan fingerprint density at radius 2 is 1.52 bits per heavy atom. The van der Waals surface area contributed by atoms with Gasteiger partial charge in [0.2, 0.25) is 17.6 Å². The molecule has 0 unspecified atom stereocenters. The Kier molecular flexibility index (Phi) is 6.23. The van der Waals surface area contributed by atoms with Crippen molar-refractivity contribution in [3.8, 4) is 17.2 Å². The van der Waals surface area contributed by atoms with Gasteiger partial charge >= 0.3 is 0 Å². The summed E-state index contributed by atoms with van der Waals surface area (Å²) < 4.78 is 15.8. The van der Waals surface area contributed by atoms with Crippen LogP contribution in [0.3, 0.4) is 0 Å². The first-order chi connectivity index (χ1) is 14.0. The summed E-state index contributed by atoms with van der Waals surface area (Å²) in [5.74, 6) is 0.682. The van der Waals surface area contributed by atoms with Crippen molar-refractivity contribution in [1.82, 2.24) is 15.8 Å². The van der Waals surface area contributed by atoms with E-state index in [2.05, 4.69) is 15.8 Å². The molecule has 0 fully saturated rings. The Balaban J connectivity index is 1.59. The van der Waals surface area contributed by atoms with Crippen LogP contribution in [0.25, 0.3) is 10.9 Å². The predicted octanol–water partition coefficient (Wildman–Crippen LogP) is 2.13. The molecule has 1 aromatic heterocycles. The molecule has 1 heterocycles. The van der Waals surface area contributed by atoms with E-state index in [1.54, 1.807) is 18.3 Å². The summed E-state index contributed by atoms with van der Waals surface area (Å²) in [5.41, 5.74) is 7.35. The lowest BCUT2D eigenvalue weighted by atomic mass is 10.1. The SMILES string of the molecule is COc1cc(CC(=O)NNC(=O)Cc2c[nH]c3ccccc23)cc(OC)c1OC. The number of hydrogen-bond acceptors (Lipinski definition) is 5. The molecule has 3 N–H and O–H groups in total. The Bertz CT molecular complexity index is 1000. The van der Waals surface area contributed by atoms with Crippen molar-refractivity contribution in [2.45, 2.75) is 12.8 Å². The zero-order valence-corrected chi connectivity index (χ0v) is 16.5. The van der Waals surface area contributed by atoms with Crippen molar-refractivity contribution >= 4 is 22.7 Å². The van der Waals surface area contributed by atoms with Crippen LogP contribution in [-0.2, 0) is 22.4 Å². The first-order valence-electron chi connectivity index (χ1n) is 8.97. The van der Waals surface area contributed by atoms with E-state index < -0.39 is 0 Å². The van der Waals surface area contributed by atoms with E-state index in [1.165, 1.54) is 21.3 Å². The fraction of sp³-hybridized carbons (Fsp3) is 0.238. The van der Waals surface area contributed by atoms with Gasteiger partial charge in [0.05, 0.1) is 34.2 Å². The molecule has 8 heteroatoms. The number of fused-ring (bicyclic) bond motifs is 1. The Morgan fingerprint density at radius 1 is 0.897 bits per heavy atom. The highest BCUT2D eigenvalue weighted by molar-refractivity contribution is 5.90. The van der Waals surface area contributed by atoms with Gasteiger partial charge in [0.15, 0.2) is 11.5 Å². The minimum Gasteiger partial charge on any atom is -0.493 e. The summed E-state index contributed by atoms with van der Waals surface area (Å²) >= 11 is 0. The molecule has 29 heavy (non-hydrogen) atoms. The number of hydrogen-bond donors (Lipinski definition) is 3. The molecular formula is C21H23N3O5. The van der Waals surface area contributed by atoms with E-state index in [0.717, 1.165) is 16.5 Å². The number of benzene rings is 2. The molecule has 0 aliphatic rings. The monoisotopic (exact) mass is 397 g/mol. The summed E-state index contributed by atoms with van der Waals surface area (Å²) in [6.45, 7) is 0. The molecule has 3 aromatic rings. The second kappa shape index (κ2) is 9.01. The highest BCUT2D eigenvalue weighted by Gasteiger charge is 2.15. The van der Waals surface area contributed by atoms with Crippen LogP contribution < -0.4 is 25.1 Å². The summed E-state index contributed by atoms with van der Waals surface area (Å²) in [6.07, 6.45) is 1.97. The lowest BCUT2D eigenvalue weighted by Gasteiger charge is -2.14. The molecular weight excluding hydrogens is 374 g/mol. The Morgan fingerprint density at radius 3 is 2.14 bits per heavy atom. The van der Waals surface area contributed by atoms with Crippen molar-refractivity contribution < 1.29 is 23.8 Å². The van der Waals surface area contributed by atoms with E-state index in [9.17, 15) is 9.59 Å². The van der Waals surface area contributed by atoms with Crippen LogP contribution in [-0.4, -0.2) is 38.1 Å². The zero-order valence-electron chi connectivity index (χ0n) is 16.5. The number of methoxy groups -OCH3 is 3. The summed E-state index contributed by atoms with van der Waals surface area (Å²) in [7, 11) is 4.52. The van der Waals surface area contributed by atoms with Gasteiger partial charge in [-0.1, -0.05) is 18.2 Å². The molecule has 0 spiro atoms. The first-order valence-corrected chi connectivity index (χ1v) is 8.97. The number of ether oxygens (including phenoxy) is 3. The molecule has 2 amide bonds. The van der Waals surface area contributed by atoms with E-state index in [1.807, 2.05) is 24.3 Å². The number of carbonyl (C=O) groups excluding carboxylic acids is 2. The lowest BCUT2D eigenvalue weighted by Crippen LogP contribution is -2.43. The highest BCUT2D eigenvalue weighted by atomic mass is 16.5. The number of amides is 2. The van der Waals surface area contributed by atoms with Gasteiger partial charge in [-0.05, 0) is 29.3 Å². The van der Waals surface area contributed by atoms with Crippen LogP contribution in [0.15, 0.2) is 42.6 Å². The number of aromatic amines is 1. The molecule has 3 rings (SSSR count). The van der Waals surface area contributed by atoms with Gasteiger partial charge in [-0.15, -0.1) is 0 Å². The van der Waals surface area contributed by atoms with E-state index in [0.29, 0.717) is 22.8 Å². The topological polar surface area (TPSA) is 102 Å². The largest absolute Gasteiger partial charge is 0.493 e. The van der Waals surface area contributed by atoms with E-state index in [4.69, 9.17) is 14.2 Å². The fourth-order valence-corrected chi connectivity index (χ4v) is 3.10. The van der Waals surface area contributed by atoms with Crippen molar-refractivity contribution in [2.24, 2.45) is 0 Å². The second-order valence-electron chi connectivity index (χ2n) is 6.34. The fourth-order valence-electron chi connectivity index (χ4n) is 3.10. The minimum atomic E-state index is -0.369. The number of H-pyrrole nitrogens is 1. The quantitative estimate of drug-likeness (QED) is 0.530. The summed E-state index contributed by atoms with van der Waals surface area (Å²) in [6, 6.07) is 11.1. The van der Waals surface area contributed by atoms with Crippen LogP contribution in [0.1, 0.15) is 11.1 Å². The van der Waals surface area contributed by atoms with Gasteiger partial charge in [0.25, 0.3) is 0 Å². The molecule has 0 saturated heterocycles. The average Bonchev–Trinajstić information content (AvgIpc) is 3.14. The molecule has 0 bridgehead atoms. The first kappa shape index (κ1) is 20.1. The van der Waals surface area contributed by atoms with Crippen LogP contribution in [0.2, 0.25) is 0 Å². The van der Waals surface area contributed by atoms with Crippen LogP contribution in [0.4, 0.5) is 0 Å². The molecule has 0 aliphatic carbocycles. The number of nitrogens with one attached hydrogen (secondary N) is 3. The molecule has 8 nitrogen and oxygen atoms in total. The maximum atomic E-state index is 12.2. The number of para-hydroxylation sites is 1. The summed E-state index contributed by atoms with van der Waals surface area (Å²) in [5, 5.41) is 0.978. The van der Waals surface area contributed by atoms with Gasteiger partial charge in [0, 0.05) is 17.1 Å². The third-order valence-electron chi connectivity index (χ3n) is 4.46. The molecule has 152 valence electrons. The normalized spacial score (nSPS) is 10.4. The summed E-state index contributed by atoms with van der Waals surface area (Å²) in [4.78, 5) is 27.6. The van der Waals surface area contributed by atoms with Crippen molar-refractivity contribution in [3.05, 3.63) is 53.7 Å². The molecule has 0 aliphatic heterocycles. The Hall–Kier alpha value is -3.68. The number of rotatable bonds is 7. The predicted molar refractivity (Wildman–Crippen MR) is 108 cm³/mol. The molecule has 2 aromatic carbocycles. The molecule has 0 atom stereocenters. The second-order valence-corrected chi connectivity index (χ2v) is 6.34. The van der Waals surface area contributed by atoms with Gasteiger partial charge in [0.1, 0.15) is 0 Å². The standard InChI is InChI=1S/C21H23N3O5/c1-27-17-8-13(9-18(28-2)21(17)29-3)10-19(25)23-24-20(26)11-14-12-22-16-7-5-4-6-15(14)16/h4-9,12,22H,10-11H2,1-3H3,(H,23,25)(H,24,26). The van der Waals surface area contributed by atoms with E-state index >= 15 is 0 Å². The number of aromatic nitrogens is 1. The van der Waals surface area contributed by atoms with Gasteiger partial charge < -0.3 is 19.2 Å². The maximum Gasteiger partial charge on any atom is 0.242 e. The molecule has 0 saturated carbocycles. The molecule has 0 radical (unpaired) electrons. The van der Waals surface area contributed by atoms with Crippen molar-refractivity contribution in [3.63, 3.8) is 0 Å². The number of hydrazine groups is 1.